The molecule has 17 heavy (non-hydrogen) atoms. The first-order chi connectivity index (χ1) is 7.86. The molecule has 0 bridgehead atoms. The van der Waals surface area contributed by atoms with Crippen LogP contribution in [0.1, 0.15) is 25.0 Å². The summed E-state index contributed by atoms with van der Waals surface area (Å²) in [6.07, 6.45) is -4.48. The molecule has 1 atom stereocenters. The Labute approximate surface area is 102 Å². The summed E-state index contributed by atoms with van der Waals surface area (Å²) in [6.45, 7) is 5.56. The topological polar surface area (TPSA) is 29.1 Å². The maximum Gasteiger partial charge on any atom is 0.417 e. The van der Waals surface area contributed by atoms with Crippen LogP contribution in [0.4, 0.5) is 13.2 Å². The highest BCUT2D eigenvalue weighted by Gasteiger charge is 2.34. The molecule has 0 amide bonds. The number of nitrogens with one attached hydrogen (secondary N) is 1. The number of aryl methyl sites for hydroxylation is 1. The van der Waals surface area contributed by atoms with E-state index < -0.39 is 22.7 Å². The maximum atomic E-state index is 12.6. The SMILES string of the molecule is CC.CNS(=O)c1ccc(C)cc1C(F)(F)F. The summed E-state index contributed by atoms with van der Waals surface area (Å²) in [5.74, 6) is 0. The number of halogens is 3. The Hall–Kier alpha value is -0.880. The third kappa shape index (κ3) is 4.47. The summed E-state index contributed by atoms with van der Waals surface area (Å²) in [5.41, 5.74) is -0.366. The predicted octanol–water partition coefficient (Wildman–Crippen LogP) is 3.28. The van der Waals surface area contributed by atoms with Crippen molar-refractivity contribution < 1.29 is 17.4 Å². The fraction of sp³-hybridized carbons (Fsp3) is 0.455. The quantitative estimate of drug-likeness (QED) is 0.875. The van der Waals surface area contributed by atoms with Gasteiger partial charge in [-0.15, -0.1) is 0 Å². The van der Waals surface area contributed by atoms with Gasteiger partial charge < -0.3 is 0 Å². The van der Waals surface area contributed by atoms with Gasteiger partial charge in [-0.05, 0) is 26.1 Å². The van der Waals surface area contributed by atoms with Gasteiger partial charge in [0, 0.05) is 0 Å². The van der Waals surface area contributed by atoms with Gasteiger partial charge in [-0.1, -0.05) is 25.5 Å². The van der Waals surface area contributed by atoms with E-state index in [1.54, 1.807) is 6.92 Å². The van der Waals surface area contributed by atoms with Crippen molar-refractivity contribution in [2.24, 2.45) is 0 Å². The summed E-state index contributed by atoms with van der Waals surface area (Å²) in [5, 5.41) is 0. The molecule has 1 N–H and O–H groups in total. The van der Waals surface area contributed by atoms with Gasteiger partial charge in [0.2, 0.25) is 0 Å². The molecule has 1 rings (SSSR count). The average Bonchev–Trinajstić information content (AvgIpc) is 2.29. The van der Waals surface area contributed by atoms with Gasteiger partial charge in [0.1, 0.15) is 11.0 Å². The molecule has 0 aliphatic carbocycles. The van der Waals surface area contributed by atoms with Crippen molar-refractivity contribution in [3.63, 3.8) is 0 Å². The van der Waals surface area contributed by atoms with Crippen LogP contribution in [0.2, 0.25) is 0 Å². The largest absolute Gasteiger partial charge is 0.417 e. The molecule has 0 heterocycles. The lowest BCUT2D eigenvalue weighted by atomic mass is 10.1. The predicted molar refractivity (Wildman–Crippen MR) is 63.0 cm³/mol. The minimum atomic E-state index is -4.48. The Morgan fingerprint density at radius 2 is 1.76 bits per heavy atom. The minimum absolute atomic E-state index is 0.240. The first kappa shape index (κ1) is 16.1. The molecule has 0 aliphatic rings. The Morgan fingerprint density at radius 1 is 1.24 bits per heavy atom. The Morgan fingerprint density at radius 3 is 2.18 bits per heavy atom. The Balaban J connectivity index is 0.00000121. The first-order valence-electron chi connectivity index (χ1n) is 5.13. The zero-order chi connectivity index (χ0) is 13.6. The van der Waals surface area contributed by atoms with Crippen molar-refractivity contribution in [1.29, 1.82) is 0 Å². The zero-order valence-electron chi connectivity index (χ0n) is 10.2. The van der Waals surface area contributed by atoms with E-state index in [0.717, 1.165) is 6.07 Å². The molecular formula is C11H16F3NOS. The molecule has 0 spiro atoms. The molecule has 0 aliphatic heterocycles. The molecule has 1 aromatic carbocycles. The van der Waals surface area contributed by atoms with Crippen LogP contribution in [-0.4, -0.2) is 11.3 Å². The van der Waals surface area contributed by atoms with Crippen LogP contribution in [-0.2, 0) is 17.2 Å². The van der Waals surface area contributed by atoms with Gasteiger partial charge in [0.15, 0.2) is 0 Å². The fourth-order valence-corrected chi connectivity index (χ4v) is 1.92. The van der Waals surface area contributed by atoms with E-state index in [-0.39, 0.29) is 4.90 Å². The summed E-state index contributed by atoms with van der Waals surface area (Å²) in [6, 6.07) is 3.72. The maximum absolute atomic E-state index is 12.6. The van der Waals surface area contributed by atoms with E-state index in [4.69, 9.17) is 0 Å². The minimum Gasteiger partial charge on any atom is -0.238 e. The van der Waals surface area contributed by atoms with Gasteiger partial charge >= 0.3 is 6.18 Å². The Kier molecular flexibility index (Phi) is 6.41. The van der Waals surface area contributed by atoms with E-state index in [9.17, 15) is 17.4 Å². The molecule has 0 saturated carbocycles. The molecule has 0 aromatic heterocycles. The van der Waals surface area contributed by atoms with E-state index in [0.29, 0.717) is 5.56 Å². The summed E-state index contributed by atoms with van der Waals surface area (Å²) < 4.78 is 51.3. The molecule has 0 fully saturated rings. The van der Waals surface area contributed by atoms with Gasteiger partial charge in [0.05, 0.1) is 10.5 Å². The first-order valence-corrected chi connectivity index (χ1v) is 6.28. The fourth-order valence-electron chi connectivity index (χ4n) is 1.14. The van der Waals surface area contributed by atoms with Crippen LogP contribution in [0.15, 0.2) is 23.1 Å². The van der Waals surface area contributed by atoms with Crippen LogP contribution in [0.25, 0.3) is 0 Å². The second-order valence-corrected chi connectivity index (χ2v) is 4.36. The zero-order valence-corrected chi connectivity index (χ0v) is 11.0. The molecule has 1 unspecified atom stereocenters. The van der Waals surface area contributed by atoms with E-state index in [1.165, 1.54) is 19.2 Å². The van der Waals surface area contributed by atoms with E-state index in [1.807, 2.05) is 13.8 Å². The molecule has 0 radical (unpaired) electrons. The smallest absolute Gasteiger partial charge is 0.238 e. The lowest BCUT2D eigenvalue weighted by Gasteiger charge is -2.12. The lowest BCUT2D eigenvalue weighted by Crippen LogP contribution is -2.17. The third-order valence-corrected chi connectivity index (χ3v) is 2.95. The summed E-state index contributed by atoms with van der Waals surface area (Å²) in [4.78, 5) is -0.240. The Bertz CT molecular complexity index is 391. The molecule has 1 aromatic rings. The van der Waals surface area contributed by atoms with Crippen LogP contribution >= 0.6 is 0 Å². The normalized spacial score (nSPS) is 12.6. The van der Waals surface area contributed by atoms with Gasteiger partial charge in [-0.3, -0.25) is 0 Å². The number of alkyl halides is 3. The van der Waals surface area contributed by atoms with Gasteiger partial charge in [0.25, 0.3) is 0 Å². The van der Waals surface area contributed by atoms with Crippen molar-refractivity contribution in [2.45, 2.75) is 31.8 Å². The monoisotopic (exact) mass is 267 g/mol. The van der Waals surface area contributed by atoms with Crippen LogP contribution in [0, 0.1) is 6.92 Å². The van der Waals surface area contributed by atoms with Crippen molar-refractivity contribution in [3.8, 4) is 0 Å². The molecule has 98 valence electrons. The molecule has 2 nitrogen and oxygen atoms in total. The highest BCUT2D eigenvalue weighted by Crippen LogP contribution is 2.33. The highest BCUT2D eigenvalue weighted by molar-refractivity contribution is 7.83. The number of benzene rings is 1. The van der Waals surface area contributed by atoms with Crippen LogP contribution < -0.4 is 4.72 Å². The number of hydrogen-bond donors (Lipinski definition) is 1. The highest BCUT2D eigenvalue weighted by atomic mass is 32.2. The molecule has 0 saturated heterocycles. The van der Waals surface area contributed by atoms with Crippen molar-refractivity contribution in [2.75, 3.05) is 7.05 Å². The van der Waals surface area contributed by atoms with E-state index >= 15 is 0 Å². The van der Waals surface area contributed by atoms with Gasteiger partial charge in [-0.25, -0.2) is 8.93 Å². The van der Waals surface area contributed by atoms with Crippen LogP contribution in [0.5, 0.6) is 0 Å². The second-order valence-electron chi connectivity index (χ2n) is 2.97. The van der Waals surface area contributed by atoms with E-state index in [2.05, 4.69) is 4.72 Å². The summed E-state index contributed by atoms with van der Waals surface area (Å²) >= 11 is 0. The lowest BCUT2D eigenvalue weighted by molar-refractivity contribution is -0.139. The van der Waals surface area contributed by atoms with Gasteiger partial charge in [-0.2, -0.15) is 13.2 Å². The molecular weight excluding hydrogens is 251 g/mol. The van der Waals surface area contributed by atoms with Crippen molar-refractivity contribution >= 4 is 11.0 Å². The number of hydrogen-bond acceptors (Lipinski definition) is 1. The van der Waals surface area contributed by atoms with Crippen molar-refractivity contribution in [3.05, 3.63) is 29.3 Å². The standard InChI is InChI=1S/C9H10F3NOS.C2H6/c1-6-3-4-8(15(14)13-2)7(5-6)9(10,11)12;1-2/h3-5,13H,1-2H3;1-2H3. The third-order valence-electron chi connectivity index (χ3n) is 1.83. The van der Waals surface area contributed by atoms with Crippen LogP contribution in [0.3, 0.4) is 0 Å². The number of rotatable bonds is 2. The summed E-state index contributed by atoms with van der Waals surface area (Å²) in [7, 11) is -0.483. The molecule has 6 heteroatoms. The van der Waals surface area contributed by atoms with Crippen molar-refractivity contribution in [1.82, 2.24) is 4.72 Å². The average molecular weight is 267 g/mol. The second kappa shape index (κ2) is 6.76.